The van der Waals surface area contributed by atoms with Crippen LogP contribution in [0.25, 0.3) is 0 Å². The summed E-state index contributed by atoms with van der Waals surface area (Å²) in [5.74, 6) is 0.514. The molecule has 0 aliphatic heterocycles. The van der Waals surface area contributed by atoms with Crippen molar-refractivity contribution in [2.75, 3.05) is 13.3 Å². The molecule has 0 atom stereocenters. The van der Waals surface area contributed by atoms with Gasteiger partial charge in [-0.25, -0.2) is 4.39 Å². The summed E-state index contributed by atoms with van der Waals surface area (Å²) in [6.45, 7) is -0.615. The molecule has 0 aliphatic rings. The van der Waals surface area contributed by atoms with Crippen LogP contribution in [0.5, 0.6) is 5.75 Å². The van der Waals surface area contributed by atoms with E-state index in [-0.39, 0.29) is 13.2 Å². The molecule has 2 nitrogen and oxygen atoms in total. The number of aliphatic hydroxyl groups is 1. The molecule has 0 amide bonds. The first-order valence-electron chi connectivity index (χ1n) is 3.86. The van der Waals surface area contributed by atoms with E-state index in [0.717, 1.165) is 0 Å². The smallest absolute Gasteiger partial charge is 0.123 e. The number of hydrogen-bond donors (Lipinski definition) is 1. The van der Waals surface area contributed by atoms with Crippen molar-refractivity contribution in [3.8, 4) is 5.75 Å². The summed E-state index contributed by atoms with van der Waals surface area (Å²) in [7, 11) is 0. The fourth-order valence-electron chi connectivity index (χ4n) is 0.902. The van der Waals surface area contributed by atoms with Crippen LogP contribution in [0, 0.1) is 0 Å². The Hall–Kier alpha value is -0.800. The predicted molar refractivity (Wildman–Crippen MR) is 48.8 cm³/mol. The monoisotopic (exact) mass is 204 g/mol. The molecule has 0 bridgehead atoms. The standard InChI is InChI=1S/C9H10ClFO2/c10-9-5-8(13-4-3-11)2-1-7(9)6-12/h1-2,5,12H,3-4,6H2. The van der Waals surface area contributed by atoms with Crippen molar-refractivity contribution in [2.24, 2.45) is 0 Å². The molecular weight excluding hydrogens is 195 g/mol. The normalized spacial score (nSPS) is 10.1. The number of alkyl halides is 1. The van der Waals surface area contributed by atoms with Crippen molar-refractivity contribution in [3.05, 3.63) is 28.8 Å². The van der Waals surface area contributed by atoms with Crippen LogP contribution in [0.2, 0.25) is 5.02 Å². The lowest BCUT2D eigenvalue weighted by Gasteiger charge is -2.05. The number of benzene rings is 1. The second-order valence-electron chi connectivity index (χ2n) is 2.45. The summed E-state index contributed by atoms with van der Waals surface area (Å²) >= 11 is 5.77. The Labute approximate surface area is 80.9 Å². The van der Waals surface area contributed by atoms with E-state index in [1.807, 2.05) is 0 Å². The molecule has 4 heteroatoms. The van der Waals surface area contributed by atoms with E-state index in [1.54, 1.807) is 18.2 Å². The quantitative estimate of drug-likeness (QED) is 0.815. The number of halogens is 2. The lowest BCUT2D eigenvalue weighted by Crippen LogP contribution is -1.98. The lowest BCUT2D eigenvalue weighted by atomic mass is 10.2. The molecule has 0 aromatic heterocycles. The summed E-state index contributed by atoms with van der Waals surface area (Å²) in [6, 6.07) is 4.85. The number of ether oxygens (including phenoxy) is 1. The van der Waals surface area contributed by atoms with E-state index in [9.17, 15) is 4.39 Å². The van der Waals surface area contributed by atoms with Gasteiger partial charge in [-0.15, -0.1) is 0 Å². The van der Waals surface area contributed by atoms with Crippen LogP contribution in [0.15, 0.2) is 18.2 Å². The number of aliphatic hydroxyl groups excluding tert-OH is 1. The average molecular weight is 205 g/mol. The minimum absolute atomic E-state index is 0.0226. The van der Waals surface area contributed by atoms with Gasteiger partial charge in [-0.1, -0.05) is 17.7 Å². The van der Waals surface area contributed by atoms with Crippen molar-refractivity contribution < 1.29 is 14.2 Å². The largest absolute Gasteiger partial charge is 0.491 e. The highest BCUT2D eigenvalue weighted by atomic mass is 35.5. The SMILES string of the molecule is OCc1ccc(OCCF)cc1Cl. The summed E-state index contributed by atoms with van der Waals surface area (Å²) in [5.41, 5.74) is 0.634. The van der Waals surface area contributed by atoms with E-state index < -0.39 is 6.67 Å². The van der Waals surface area contributed by atoms with Crippen molar-refractivity contribution in [1.29, 1.82) is 0 Å². The van der Waals surface area contributed by atoms with E-state index >= 15 is 0 Å². The third-order valence-corrected chi connectivity index (χ3v) is 1.89. The van der Waals surface area contributed by atoms with Gasteiger partial charge in [-0.2, -0.15) is 0 Å². The second kappa shape index (κ2) is 5.04. The third-order valence-electron chi connectivity index (χ3n) is 1.54. The topological polar surface area (TPSA) is 29.5 Å². The highest BCUT2D eigenvalue weighted by molar-refractivity contribution is 6.31. The Bertz CT molecular complexity index is 278. The van der Waals surface area contributed by atoms with Gasteiger partial charge in [0.2, 0.25) is 0 Å². The fourth-order valence-corrected chi connectivity index (χ4v) is 1.13. The zero-order valence-corrected chi connectivity index (χ0v) is 7.72. The van der Waals surface area contributed by atoms with Gasteiger partial charge in [-0.05, 0) is 17.7 Å². The first-order chi connectivity index (χ1) is 6.27. The van der Waals surface area contributed by atoms with Gasteiger partial charge in [-0.3, -0.25) is 0 Å². The molecule has 0 saturated heterocycles. The molecule has 0 fully saturated rings. The molecule has 1 N–H and O–H groups in total. The van der Waals surface area contributed by atoms with Gasteiger partial charge in [0.15, 0.2) is 0 Å². The Morgan fingerprint density at radius 1 is 1.46 bits per heavy atom. The van der Waals surface area contributed by atoms with E-state index in [0.29, 0.717) is 16.3 Å². The molecule has 0 radical (unpaired) electrons. The maximum atomic E-state index is 11.7. The Morgan fingerprint density at radius 3 is 2.77 bits per heavy atom. The summed E-state index contributed by atoms with van der Waals surface area (Å²) < 4.78 is 16.7. The molecule has 72 valence electrons. The predicted octanol–water partition coefficient (Wildman–Crippen LogP) is 2.18. The summed E-state index contributed by atoms with van der Waals surface area (Å²) in [6.07, 6.45) is 0. The molecule has 0 saturated carbocycles. The van der Waals surface area contributed by atoms with Gasteiger partial charge >= 0.3 is 0 Å². The van der Waals surface area contributed by atoms with Gasteiger partial charge < -0.3 is 9.84 Å². The molecule has 0 aliphatic carbocycles. The maximum Gasteiger partial charge on any atom is 0.123 e. The maximum absolute atomic E-state index is 11.7. The zero-order valence-electron chi connectivity index (χ0n) is 6.96. The Kier molecular flexibility index (Phi) is 3.99. The van der Waals surface area contributed by atoms with Gasteiger partial charge in [0.25, 0.3) is 0 Å². The van der Waals surface area contributed by atoms with Crippen molar-refractivity contribution in [2.45, 2.75) is 6.61 Å². The summed E-state index contributed by atoms with van der Waals surface area (Å²) in [5, 5.41) is 9.23. The molecule has 0 unspecified atom stereocenters. The van der Waals surface area contributed by atoms with E-state index in [4.69, 9.17) is 21.4 Å². The van der Waals surface area contributed by atoms with Crippen LogP contribution in [0.1, 0.15) is 5.56 Å². The van der Waals surface area contributed by atoms with E-state index in [1.165, 1.54) is 0 Å². The van der Waals surface area contributed by atoms with Crippen LogP contribution in [0.3, 0.4) is 0 Å². The number of hydrogen-bond acceptors (Lipinski definition) is 2. The zero-order chi connectivity index (χ0) is 9.68. The molecule has 0 spiro atoms. The van der Waals surface area contributed by atoms with Gasteiger partial charge in [0.05, 0.1) is 6.61 Å². The molecular formula is C9H10ClFO2. The van der Waals surface area contributed by atoms with Crippen molar-refractivity contribution in [1.82, 2.24) is 0 Å². The van der Waals surface area contributed by atoms with Gasteiger partial charge in [0.1, 0.15) is 19.0 Å². The highest BCUT2D eigenvalue weighted by Gasteiger charge is 2.00. The molecule has 1 aromatic carbocycles. The van der Waals surface area contributed by atoms with Gasteiger partial charge in [0, 0.05) is 5.02 Å². The minimum Gasteiger partial charge on any atom is -0.491 e. The lowest BCUT2D eigenvalue weighted by molar-refractivity contribution is 0.271. The third kappa shape index (κ3) is 2.86. The Balaban J connectivity index is 2.71. The van der Waals surface area contributed by atoms with Crippen molar-refractivity contribution >= 4 is 11.6 Å². The molecule has 0 heterocycles. The number of rotatable bonds is 4. The fraction of sp³-hybridized carbons (Fsp3) is 0.333. The highest BCUT2D eigenvalue weighted by Crippen LogP contribution is 2.22. The van der Waals surface area contributed by atoms with Crippen molar-refractivity contribution in [3.63, 3.8) is 0 Å². The average Bonchev–Trinajstić information content (AvgIpc) is 2.15. The first kappa shape index (κ1) is 10.3. The van der Waals surface area contributed by atoms with Crippen LogP contribution < -0.4 is 4.74 Å². The first-order valence-corrected chi connectivity index (χ1v) is 4.23. The van der Waals surface area contributed by atoms with Crippen LogP contribution in [-0.2, 0) is 6.61 Å². The molecule has 1 rings (SSSR count). The van der Waals surface area contributed by atoms with Crippen LogP contribution in [0.4, 0.5) is 4.39 Å². The second-order valence-corrected chi connectivity index (χ2v) is 2.86. The van der Waals surface area contributed by atoms with E-state index in [2.05, 4.69) is 0 Å². The molecule has 1 aromatic rings. The van der Waals surface area contributed by atoms with Crippen LogP contribution in [-0.4, -0.2) is 18.4 Å². The Morgan fingerprint density at radius 2 is 2.23 bits per heavy atom. The summed E-state index contributed by atoms with van der Waals surface area (Å²) in [4.78, 5) is 0. The molecule has 13 heavy (non-hydrogen) atoms. The minimum atomic E-state index is -0.528. The van der Waals surface area contributed by atoms with Crippen LogP contribution >= 0.6 is 11.6 Å².